The van der Waals surface area contributed by atoms with Crippen LogP contribution in [0.4, 0.5) is 0 Å². The lowest BCUT2D eigenvalue weighted by Gasteiger charge is -2.19. The third-order valence-corrected chi connectivity index (χ3v) is 6.14. The van der Waals surface area contributed by atoms with Crippen LogP contribution >= 0.6 is 23.2 Å². The molecule has 6 heteroatoms. The number of hydrogen-bond acceptors (Lipinski definition) is 3. The van der Waals surface area contributed by atoms with Crippen molar-refractivity contribution in [2.24, 2.45) is 5.10 Å². The number of benzene rings is 3. The Kier molecular flexibility index (Phi) is 6.74. The van der Waals surface area contributed by atoms with Crippen LogP contribution in [0.2, 0.25) is 10.0 Å². The van der Waals surface area contributed by atoms with Crippen molar-refractivity contribution in [1.29, 1.82) is 0 Å². The highest BCUT2D eigenvalue weighted by molar-refractivity contribution is 6.31. The van der Waals surface area contributed by atoms with Gasteiger partial charge in [-0.05, 0) is 59.9 Å². The first-order valence-corrected chi connectivity index (χ1v) is 11.7. The Morgan fingerprint density at radius 2 is 1.53 bits per heavy atom. The molecule has 0 unspecified atom stereocenters. The quantitative estimate of drug-likeness (QED) is 0.236. The molecule has 0 atom stereocenters. The van der Waals surface area contributed by atoms with E-state index in [4.69, 9.17) is 28.2 Å². The van der Waals surface area contributed by atoms with Gasteiger partial charge in [0.1, 0.15) is 0 Å². The van der Waals surface area contributed by atoms with Crippen molar-refractivity contribution in [3.05, 3.63) is 99.5 Å². The Hall–Kier alpha value is -3.21. The largest absolute Gasteiger partial charge is 0.272 e. The van der Waals surface area contributed by atoms with Crippen molar-refractivity contribution < 1.29 is 4.79 Å². The minimum Gasteiger partial charge on any atom is -0.267 e. The Bertz CT molecular complexity index is 1390. The van der Waals surface area contributed by atoms with Gasteiger partial charge < -0.3 is 0 Å². The summed E-state index contributed by atoms with van der Waals surface area (Å²) < 4.78 is 0. The summed E-state index contributed by atoms with van der Waals surface area (Å²) in [6.07, 6.45) is 0. The van der Waals surface area contributed by atoms with E-state index in [0.29, 0.717) is 37.9 Å². The molecule has 0 radical (unpaired) electrons. The van der Waals surface area contributed by atoms with Gasteiger partial charge in [0.2, 0.25) is 0 Å². The maximum Gasteiger partial charge on any atom is 0.272 e. The second-order valence-electron chi connectivity index (χ2n) is 9.19. The van der Waals surface area contributed by atoms with E-state index in [1.165, 1.54) is 5.56 Å². The molecule has 1 amide bonds. The average Bonchev–Trinajstić information content (AvgIpc) is 2.81. The maximum atomic E-state index is 13.2. The van der Waals surface area contributed by atoms with Crippen LogP contribution in [0.15, 0.2) is 77.9 Å². The molecule has 0 saturated heterocycles. The standard InChI is InChI=1S/C28H25Cl2N3O/c1-17(18-5-9-20(10-6-18)28(2,3)4)32-33-27(34)24-16-26(19-7-11-21(29)12-8-19)31-25-14-13-22(30)15-23(24)25/h5-16H,1-4H3,(H,33,34)/b32-17-. The van der Waals surface area contributed by atoms with Crippen molar-refractivity contribution in [2.45, 2.75) is 33.1 Å². The third-order valence-electron chi connectivity index (χ3n) is 5.65. The van der Waals surface area contributed by atoms with Crippen molar-refractivity contribution in [3.63, 3.8) is 0 Å². The number of nitrogens with one attached hydrogen (secondary N) is 1. The van der Waals surface area contributed by atoms with Gasteiger partial charge in [-0.15, -0.1) is 0 Å². The van der Waals surface area contributed by atoms with Gasteiger partial charge in [0, 0.05) is 21.0 Å². The fourth-order valence-electron chi connectivity index (χ4n) is 3.63. The van der Waals surface area contributed by atoms with Crippen LogP contribution in [-0.4, -0.2) is 16.6 Å². The van der Waals surface area contributed by atoms with Gasteiger partial charge in [-0.3, -0.25) is 4.79 Å². The van der Waals surface area contributed by atoms with Crippen molar-refractivity contribution in [1.82, 2.24) is 10.4 Å². The maximum absolute atomic E-state index is 13.2. The molecular weight excluding hydrogens is 465 g/mol. The second kappa shape index (κ2) is 9.57. The molecule has 4 rings (SSSR count). The number of amides is 1. The monoisotopic (exact) mass is 489 g/mol. The lowest BCUT2D eigenvalue weighted by atomic mass is 9.86. The highest BCUT2D eigenvalue weighted by atomic mass is 35.5. The molecule has 34 heavy (non-hydrogen) atoms. The number of halogens is 2. The summed E-state index contributed by atoms with van der Waals surface area (Å²) >= 11 is 12.3. The van der Waals surface area contributed by atoms with Crippen molar-refractivity contribution in [2.75, 3.05) is 0 Å². The van der Waals surface area contributed by atoms with Crippen LogP contribution in [0, 0.1) is 0 Å². The zero-order valence-electron chi connectivity index (χ0n) is 19.5. The van der Waals surface area contributed by atoms with E-state index in [1.54, 1.807) is 36.4 Å². The van der Waals surface area contributed by atoms with E-state index < -0.39 is 0 Å². The van der Waals surface area contributed by atoms with E-state index in [1.807, 2.05) is 31.2 Å². The molecule has 0 aliphatic carbocycles. The number of carbonyl (C=O) groups is 1. The number of pyridine rings is 1. The van der Waals surface area contributed by atoms with Crippen molar-refractivity contribution in [3.8, 4) is 11.3 Å². The molecular formula is C28H25Cl2N3O. The molecule has 4 nitrogen and oxygen atoms in total. The Balaban J connectivity index is 1.67. The first kappa shape index (κ1) is 23.9. The van der Waals surface area contributed by atoms with Crippen LogP contribution in [0.25, 0.3) is 22.2 Å². The molecule has 0 saturated carbocycles. The summed E-state index contributed by atoms with van der Waals surface area (Å²) in [4.78, 5) is 17.9. The first-order valence-electron chi connectivity index (χ1n) is 10.9. The zero-order chi connectivity index (χ0) is 24.5. The van der Waals surface area contributed by atoms with Crippen LogP contribution in [0.5, 0.6) is 0 Å². The number of nitrogens with zero attached hydrogens (tertiary/aromatic N) is 2. The molecule has 0 spiro atoms. The Morgan fingerprint density at radius 3 is 2.18 bits per heavy atom. The first-order chi connectivity index (χ1) is 16.1. The summed E-state index contributed by atoms with van der Waals surface area (Å²) in [7, 11) is 0. The molecule has 1 heterocycles. The predicted molar refractivity (Wildman–Crippen MR) is 142 cm³/mol. The van der Waals surface area contributed by atoms with E-state index in [0.717, 1.165) is 11.1 Å². The highest BCUT2D eigenvalue weighted by Crippen LogP contribution is 2.28. The van der Waals surface area contributed by atoms with Crippen LogP contribution in [-0.2, 0) is 5.41 Å². The number of aromatic nitrogens is 1. The fourth-order valence-corrected chi connectivity index (χ4v) is 3.92. The van der Waals surface area contributed by atoms with Gasteiger partial charge in [0.25, 0.3) is 5.91 Å². The van der Waals surface area contributed by atoms with Crippen LogP contribution < -0.4 is 5.43 Å². The highest BCUT2D eigenvalue weighted by Gasteiger charge is 2.16. The normalized spacial score (nSPS) is 12.1. The number of carbonyl (C=O) groups excluding carboxylic acids is 1. The van der Waals surface area contributed by atoms with Crippen molar-refractivity contribution >= 4 is 45.7 Å². The lowest BCUT2D eigenvalue weighted by Crippen LogP contribution is -2.20. The van der Waals surface area contributed by atoms with E-state index in [-0.39, 0.29) is 11.3 Å². The number of rotatable bonds is 4. The average molecular weight is 490 g/mol. The van der Waals surface area contributed by atoms with Gasteiger partial charge in [-0.2, -0.15) is 5.10 Å². The van der Waals surface area contributed by atoms with Gasteiger partial charge >= 0.3 is 0 Å². The van der Waals surface area contributed by atoms with Gasteiger partial charge in [-0.1, -0.05) is 80.4 Å². The molecule has 0 fully saturated rings. The molecule has 0 bridgehead atoms. The molecule has 1 aromatic heterocycles. The second-order valence-corrected chi connectivity index (χ2v) is 10.1. The Labute approximate surface area is 209 Å². The zero-order valence-corrected chi connectivity index (χ0v) is 21.0. The topological polar surface area (TPSA) is 54.4 Å². The third kappa shape index (κ3) is 5.30. The summed E-state index contributed by atoms with van der Waals surface area (Å²) in [5, 5.41) is 6.17. The Morgan fingerprint density at radius 1 is 0.882 bits per heavy atom. The molecule has 0 aliphatic heterocycles. The SMILES string of the molecule is C/C(=N/NC(=O)c1cc(-c2ccc(Cl)cc2)nc2ccc(Cl)cc12)c1ccc(C(C)(C)C)cc1. The summed E-state index contributed by atoms with van der Waals surface area (Å²) in [6, 6.07) is 22.6. The van der Waals surface area contributed by atoms with Crippen LogP contribution in [0.3, 0.4) is 0 Å². The number of fused-ring (bicyclic) bond motifs is 1. The van der Waals surface area contributed by atoms with E-state index in [2.05, 4.69) is 43.4 Å². The molecule has 3 aromatic carbocycles. The van der Waals surface area contributed by atoms with Gasteiger partial charge in [-0.25, -0.2) is 10.4 Å². The minimum atomic E-state index is -0.337. The molecule has 0 aliphatic rings. The molecule has 1 N–H and O–H groups in total. The van der Waals surface area contributed by atoms with Gasteiger partial charge in [0.15, 0.2) is 0 Å². The molecule has 172 valence electrons. The summed E-state index contributed by atoms with van der Waals surface area (Å²) in [6.45, 7) is 8.39. The van der Waals surface area contributed by atoms with Crippen LogP contribution in [0.1, 0.15) is 49.2 Å². The fraction of sp³-hybridized carbons (Fsp3) is 0.179. The number of hydrazone groups is 1. The predicted octanol–water partition coefficient (Wildman–Crippen LogP) is 7.66. The lowest BCUT2D eigenvalue weighted by molar-refractivity contribution is 0.0956. The van der Waals surface area contributed by atoms with E-state index in [9.17, 15) is 4.79 Å². The summed E-state index contributed by atoms with van der Waals surface area (Å²) in [5.41, 5.74) is 8.29. The smallest absolute Gasteiger partial charge is 0.267 e. The molecule has 4 aromatic rings. The van der Waals surface area contributed by atoms with E-state index >= 15 is 0 Å². The van der Waals surface area contributed by atoms with Gasteiger partial charge in [0.05, 0.1) is 22.5 Å². The summed E-state index contributed by atoms with van der Waals surface area (Å²) in [5.74, 6) is -0.337. The number of hydrogen-bond donors (Lipinski definition) is 1. The minimum absolute atomic E-state index is 0.0727.